The Morgan fingerprint density at radius 1 is 1.12 bits per heavy atom. The average molecular weight is 354 g/mol. The lowest BCUT2D eigenvalue weighted by molar-refractivity contribution is 0.0781. The van der Waals surface area contributed by atoms with Gasteiger partial charge in [-0.2, -0.15) is 0 Å². The second-order valence-electron chi connectivity index (χ2n) is 7.92. The van der Waals surface area contributed by atoms with Crippen LogP contribution in [0.5, 0.6) is 0 Å². The summed E-state index contributed by atoms with van der Waals surface area (Å²) in [6.07, 6.45) is 1.67. The predicted molar refractivity (Wildman–Crippen MR) is 99.4 cm³/mol. The highest BCUT2D eigenvalue weighted by atomic mass is 16.3. The van der Waals surface area contributed by atoms with Gasteiger partial charge in [-0.1, -0.05) is 13.8 Å². The van der Waals surface area contributed by atoms with Crippen molar-refractivity contribution in [3.63, 3.8) is 0 Å². The number of carbonyl (C=O) groups excluding carboxylic acids is 1. The van der Waals surface area contributed by atoms with Gasteiger partial charge in [0.25, 0.3) is 5.91 Å². The van der Waals surface area contributed by atoms with Crippen LogP contribution < -0.4 is 4.90 Å². The maximum absolute atomic E-state index is 12.8. The third-order valence-electron chi connectivity index (χ3n) is 5.63. The van der Waals surface area contributed by atoms with E-state index in [1.165, 1.54) is 0 Å². The summed E-state index contributed by atoms with van der Waals surface area (Å²) in [7, 11) is 0. The Morgan fingerprint density at radius 2 is 1.81 bits per heavy atom. The number of anilines is 1. The van der Waals surface area contributed by atoms with Crippen molar-refractivity contribution in [2.24, 2.45) is 11.8 Å². The lowest BCUT2D eigenvalue weighted by Crippen LogP contribution is -2.33. The second-order valence-corrected chi connectivity index (χ2v) is 7.92. The molecule has 0 radical (unpaired) electrons. The van der Waals surface area contributed by atoms with Crippen molar-refractivity contribution < 1.29 is 9.21 Å². The van der Waals surface area contributed by atoms with Crippen LogP contribution in [0.25, 0.3) is 0 Å². The molecule has 6 heteroatoms. The first kappa shape index (κ1) is 17.1. The van der Waals surface area contributed by atoms with E-state index >= 15 is 0 Å². The molecule has 2 aliphatic heterocycles. The van der Waals surface area contributed by atoms with Crippen LogP contribution in [0, 0.1) is 25.7 Å². The summed E-state index contributed by atoms with van der Waals surface area (Å²) in [6.45, 7) is 11.6. The number of amides is 1. The molecule has 2 aromatic rings. The Morgan fingerprint density at radius 3 is 2.38 bits per heavy atom. The zero-order valence-electron chi connectivity index (χ0n) is 15.9. The average Bonchev–Trinajstić information content (AvgIpc) is 3.26. The third-order valence-corrected chi connectivity index (χ3v) is 5.63. The molecule has 0 saturated carbocycles. The number of carbonyl (C=O) groups is 1. The number of aryl methyl sites for hydroxylation is 2. The highest BCUT2D eigenvalue weighted by Gasteiger charge is 2.42. The molecule has 2 aliphatic rings. The van der Waals surface area contributed by atoms with Crippen molar-refractivity contribution in [2.45, 2.75) is 33.6 Å². The Labute approximate surface area is 154 Å². The first-order valence-corrected chi connectivity index (χ1v) is 9.35. The van der Waals surface area contributed by atoms with Crippen molar-refractivity contribution in [3.05, 3.63) is 41.2 Å². The molecule has 2 aromatic heterocycles. The quantitative estimate of drug-likeness (QED) is 0.848. The summed E-state index contributed by atoms with van der Waals surface area (Å²) >= 11 is 0. The summed E-state index contributed by atoms with van der Waals surface area (Å²) in [4.78, 5) is 26.0. The van der Waals surface area contributed by atoms with Gasteiger partial charge in [0.15, 0.2) is 0 Å². The summed E-state index contributed by atoms with van der Waals surface area (Å²) in [5.41, 5.74) is 1.78. The Kier molecular flexibility index (Phi) is 4.21. The maximum Gasteiger partial charge on any atom is 0.257 e. The van der Waals surface area contributed by atoms with Gasteiger partial charge in [0.1, 0.15) is 23.7 Å². The van der Waals surface area contributed by atoms with Crippen LogP contribution in [0.4, 0.5) is 5.82 Å². The largest absolute Gasteiger partial charge is 0.466 e. The van der Waals surface area contributed by atoms with E-state index in [1.807, 2.05) is 24.8 Å². The normalized spacial score (nSPS) is 22.3. The standard InChI is InChI=1S/C20H26N4O2/c1-12(2)18-6-19(22-11-21-18)23-7-15-9-24(10-16(15)8-23)20(25)17-5-13(3)26-14(17)4/h5-6,11-12,15-16H,7-10H2,1-4H3. The van der Waals surface area contributed by atoms with Gasteiger partial charge >= 0.3 is 0 Å². The van der Waals surface area contributed by atoms with Gasteiger partial charge in [0, 0.05) is 49.8 Å². The van der Waals surface area contributed by atoms with Crippen molar-refractivity contribution in [1.29, 1.82) is 0 Å². The van der Waals surface area contributed by atoms with Gasteiger partial charge in [0.05, 0.1) is 5.56 Å². The molecule has 2 atom stereocenters. The molecule has 4 rings (SSSR count). The Hall–Kier alpha value is -2.37. The highest BCUT2D eigenvalue weighted by molar-refractivity contribution is 5.95. The fourth-order valence-corrected chi connectivity index (χ4v) is 4.21. The topological polar surface area (TPSA) is 62.5 Å². The van der Waals surface area contributed by atoms with Crippen molar-refractivity contribution >= 4 is 11.7 Å². The van der Waals surface area contributed by atoms with E-state index in [0.717, 1.165) is 43.5 Å². The van der Waals surface area contributed by atoms with E-state index in [1.54, 1.807) is 6.33 Å². The number of likely N-dealkylation sites (tertiary alicyclic amines) is 1. The lowest BCUT2D eigenvalue weighted by Gasteiger charge is -2.22. The predicted octanol–water partition coefficient (Wildman–Crippen LogP) is 3.02. The molecule has 2 unspecified atom stereocenters. The maximum atomic E-state index is 12.8. The molecule has 4 heterocycles. The van der Waals surface area contributed by atoms with Gasteiger partial charge in [-0.05, 0) is 25.8 Å². The summed E-state index contributed by atoms with van der Waals surface area (Å²) in [6, 6.07) is 3.96. The fourth-order valence-electron chi connectivity index (χ4n) is 4.21. The van der Waals surface area contributed by atoms with E-state index in [0.29, 0.717) is 29.1 Å². The zero-order chi connectivity index (χ0) is 18.4. The molecule has 0 aromatic carbocycles. The second kappa shape index (κ2) is 6.41. The van der Waals surface area contributed by atoms with Gasteiger partial charge in [-0.3, -0.25) is 4.79 Å². The van der Waals surface area contributed by atoms with Crippen LogP contribution in [0.1, 0.15) is 47.3 Å². The molecule has 6 nitrogen and oxygen atoms in total. The van der Waals surface area contributed by atoms with Crippen LogP contribution in [-0.4, -0.2) is 47.0 Å². The van der Waals surface area contributed by atoms with Gasteiger partial charge in [0.2, 0.25) is 0 Å². The summed E-state index contributed by atoms with van der Waals surface area (Å²) < 4.78 is 5.52. The number of nitrogens with zero attached hydrogens (tertiary/aromatic N) is 4. The first-order valence-electron chi connectivity index (χ1n) is 9.35. The molecule has 1 amide bonds. The molecule has 0 N–H and O–H groups in total. The molecule has 2 fully saturated rings. The Balaban J connectivity index is 1.43. The van der Waals surface area contributed by atoms with Crippen molar-refractivity contribution in [3.8, 4) is 0 Å². The van der Waals surface area contributed by atoms with E-state index in [4.69, 9.17) is 4.42 Å². The third kappa shape index (κ3) is 2.97. The van der Waals surface area contributed by atoms with Gasteiger partial charge in [-0.15, -0.1) is 0 Å². The molecular formula is C20H26N4O2. The van der Waals surface area contributed by atoms with Gasteiger partial charge < -0.3 is 14.2 Å². The van der Waals surface area contributed by atoms with Crippen LogP contribution in [-0.2, 0) is 0 Å². The molecule has 0 spiro atoms. The fraction of sp³-hybridized carbons (Fsp3) is 0.550. The zero-order valence-corrected chi connectivity index (χ0v) is 15.9. The SMILES string of the molecule is Cc1cc(C(=O)N2CC3CN(c4cc(C(C)C)ncn4)CC3C2)c(C)o1. The van der Waals surface area contributed by atoms with Crippen LogP contribution in [0.15, 0.2) is 22.9 Å². The first-order chi connectivity index (χ1) is 12.4. The molecular weight excluding hydrogens is 328 g/mol. The van der Waals surface area contributed by atoms with Crippen LogP contribution >= 0.6 is 0 Å². The van der Waals surface area contributed by atoms with Crippen molar-refractivity contribution in [2.75, 3.05) is 31.1 Å². The van der Waals surface area contributed by atoms with E-state index in [2.05, 4.69) is 34.8 Å². The molecule has 138 valence electrons. The molecule has 2 saturated heterocycles. The summed E-state index contributed by atoms with van der Waals surface area (Å²) in [5.74, 6) is 4.03. The number of hydrogen-bond donors (Lipinski definition) is 0. The van der Waals surface area contributed by atoms with E-state index < -0.39 is 0 Å². The van der Waals surface area contributed by atoms with E-state index in [-0.39, 0.29) is 5.91 Å². The van der Waals surface area contributed by atoms with Crippen LogP contribution in [0.2, 0.25) is 0 Å². The minimum atomic E-state index is 0.101. The number of fused-ring (bicyclic) bond motifs is 1. The minimum Gasteiger partial charge on any atom is -0.466 e. The molecule has 0 bridgehead atoms. The summed E-state index contributed by atoms with van der Waals surface area (Å²) in [5, 5.41) is 0. The molecule has 26 heavy (non-hydrogen) atoms. The van der Waals surface area contributed by atoms with Gasteiger partial charge in [-0.25, -0.2) is 9.97 Å². The lowest BCUT2D eigenvalue weighted by atomic mass is 10.0. The number of aromatic nitrogens is 2. The number of hydrogen-bond acceptors (Lipinski definition) is 5. The van der Waals surface area contributed by atoms with E-state index in [9.17, 15) is 4.79 Å². The number of furan rings is 1. The monoisotopic (exact) mass is 354 g/mol. The molecule has 0 aliphatic carbocycles. The highest BCUT2D eigenvalue weighted by Crippen LogP contribution is 2.34. The Bertz CT molecular complexity index is 815. The van der Waals surface area contributed by atoms with Crippen molar-refractivity contribution in [1.82, 2.24) is 14.9 Å². The van der Waals surface area contributed by atoms with Crippen LogP contribution in [0.3, 0.4) is 0 Å². The number of rotatable bonds is 3. The smallest absolute Gasteiger partial charge is 0.257 e. The minimum absolute atomic E-state index is 0.101.